The van der Waals surface area contributed by atoms with Crippen molar-refractivity contribution in [3.63, 3.8) is 0 Å². The van der Waals surface area contributed by atoms with E-state index in [1.54, 1.807) is 0 Å². The summed E-state index contributed by atoms with van der Waals surface area (Å²) in [6.07, 6.45) is 0. The number of fused-ring (bicyclic) bond motifs is 14. The van der Waals surface area contributed by atoms with Crippen LogP contribution in [0.2, 0.25) is 0 Å². The predicted octanol–water partition coefficient (Wildman–Crippen LogP) is 14.6. The molecule has 358 valence electrons. The highest BCUT2D eigenvalue weighted by atomic mass is 28.3. The molecule has 1 aliphatic carbocycles. The van der Waals surface area contributed by atoms with Crippen LogP contribution in [0.3, 0.4) is 0 Å². The summed E-state index contributed by atoms with van der Waals surface area (Å²) in [5.74, 6) is 0. The van der Waals surface area contributed by atoms with E-state index >= 15 is 0 Å². The van der Waals surface area contributed by atoms with Crippen LogP contribution in [-0.4, -0.2) is 18.0 Å². The maximum Gasteiger partial charge on any atom is 0.182 e. The molecule has 4 heteroatoms. The fraction of sp³-hybridized carbons (Fsp3) is 0.0556. The second-order valence-corrected chi connectivity index (χ2v) is 24.5. The van der Waals surface area contributed by atoms with Crippen molar-refractivity contribution in [3.05, 3.63) is 300 Å². The molecule has 1 atom stereocenters. The van der Waals surface area contributed by atoms with Crippen molar-refractivity contribution >= 4 is 51.2 Å². The summed E-state index contributed by atoms with van der Waals surface area (Å²) in [5.41, 5.74) is 24.5. The smallest absolute Gasteiger partial charge is 0.182 e. The summed E-state index contributed by atoms with van der Waals surface area (Å²) in [6.45, 7) is 5.26. The van der Waals surface area contributed by atoms with E-state index in [2.05, 4.69) is 280 Å². The van der Waals surface area contributed by atoms with Crippen LogP contribution in [0.4, 0.5) is 11.4 Å². The molecule has 3 heterocycles. The molecule has 0 amide bonds. The summed E-state index contributed by atoms with van der Waals surface area (Å²) in [6, 6.07) is 96.9. The van der Waals surface area contributed by atoms with Gasteiger partial charge < -0.3 is 4.90 Å². The molecule has 3 aliphatic rings. The van der Waals surface area contributed by atoms with E-state index in [1.165, 1.54) is 93.1 Å². The molecule has 0 saturated carbocycles. The van der Waals surface area contributed by atoms with Crippen LogP contribution in [0.5, 0.6) is 0 Å². The average molecular weight is 986 g/mol. The first-order valence-corrected chi connectivity index (χ1v) is 28.5. The van der Waals surface area contributed by atoms with E-state index in [0.29, 0.717) is 6.54 Å². The molecule has 0 N–H and O–H groups in total. The van der Waals surface area contributed by atoms with Gasteiger partial charge in [-0.3, -0.25) is 0 Å². The quantitative estimate of drug-likeness (QED) is 0.142. The molecular weight excluding hydrogens is 935 g/mol. The highest BCUT2D eigenvalue weighted by Gasteiger charge is 2.55. The predicted molar refractivity (Wildman–Crippen MR) is 318 cm³/mol. The molecule has 0 saturated heterocycles. The third-order valence-corrected chi connectivity index (χ3v) is 21.9. The molecule has 0 fully saturated rings. The van der Waals surface area contributed by atoms with Crippen molar-refractivity contribution in [2.75, 3.05) is 4.90 Å². The second kappa shape index (κ2) is 17.2. The number of para-hydroxylation sites is 1. The van der Waals surface area contributed by atoms with Crippen LogP contribution in [0.25, 0.3) is 66.9 Å². The Kier molecular flexibility index (Phi) is 10.0. The van der Waals surface area contributed by atoms with Crippen LogP contribution in [0, 0.1) is 13.8 Å². The second-order valence-electron chi connectivity index (χ2n) is 20.8. The Morgan fingerprint density at radius 3 is 1.58 bits per heavy atom. The van der Waals surface area contributed by atoms with Gasteiger partial charge in [-0.05, 0) is 149 Å². The number of anilines is 2. The highest BCUT2D eigenvalue weighted by molar-refractivity contribution is 7.24. The van der Waals surface area contributed by atoms with E-state index in [4.69, 9.17) is 9.97 Å². The molecule has 2 aliphatic heterocycles. The zero-order valence-electron chi connectivity index (χ0n) is 42.4. The number of benzene rings is 11. The maximum atomic E-state index is 5.60. The summed E-state index contributed by atoms with van der Waals surface area (Å²) < 4.78 is 0. The molecule has 0 radical (unpaired) electrons. The van der Waals surface area contributed by atoms with Gasteiger partial charge in [-0.2, -0.15) is 0 Å². The van der Waals surface area contributed by atoms with Crippen molar-refractivity contribution < 1.29 is 0 Å². The Morgan fingerprint density at radius 2 is 0.908 bits per heavy atom. The van der Waals surface area contributed by atoms with Gasteiger partial charge in [0.15, 0.2) is 8.07 Å². The molecule has 11 aromatic carbocycles. The fourth-order valence-electron chi connectivity index (χ4n) is 13.6. The zero-order chi connectivity index (χ0) is 50.5. The lowest BCUT2D eigenvalue weighted by atomic mass is 9.67. The minimum atomic E-state index is -2.89. The van der Waals surface area contributed by atoms with Crippen molar-refractivity contribution in [1.29, 1.82) is 0 Å². The van der Waals surface area contributed by atoms with Gasteiger partial charge in [0.05, 0.1) is 27.8 Å². The summed E-state index contributed by atoms with van der Waals surface area (Å²) >= 11 is 0. The van der Waals surface area contributed by atoms with Crippen LogP contribution >= 0.6 is 0 Å². The average Bonchev–Trinajstić information content (AvgIpc) is 4.23. The first-order chi connectivity index (χ1) is 37.5. The van der Waals surface area contributed by atoms with Gasteiger partial charge in [0.2, 0.25) is 0 Å². The van der Waals surface area contributed by atoms with E-state index in [0.717, 1.165) is 44.9 Å². The third-order valence-electron chi connectivity index (χ3n) is 17.0. The van der Waals surface area contributed by atoms with E-state index in [1.807, 2.05) is 0 Å². The Bertz CT molecular complexity index is 4240. The summed E-state index contributed by atoms with van der Waals surface area (Å²) in [5, 5.41) is 5.73. The van der Waals surface area contributed by atoms with Gasteiger partial charge in [-0.15, -0.1) is 0 Å². The number of hydrogen-bond donors (Lipinski definition) is 0. The lowest BCUT2D eigenvalue weighted by molar-refractivity contribution is 0.767. The topological polar surface area (TPSA) is 29.0 Å². The lowest BCUT2D eigenvalue weighted by Gasteiger charge is -2.35. The number of nitrogens with zero attached hydrogens (tertiary/aromatic N) is 3. The molecule has 3 nitrogen and oxygen atoms in total. The molecule has 12 aromatic rings. The standard InChI is InChI=1S/C72H51N3Si/c1-47-38-40-67-69(48(47)2)60-44-63-64(74-71(51-24-9-4-10-25-51)70(73-63)50-22-7-3-8-23-50)45-68(60)76(67)65-37-20-17-34-58(65)59-42-49(39-41-66(59)76)46-75(54-29-13-6-14-30-54)55-31-21-28-53(43-55)72(52-26-11-5-12-27-52)61-35-18-15-32-56(61)57-33-16-19-36-62(57)72/h3-45H,46H2,1-2H3. The zero-order valence-corrected chi connectivity index (χ0v) is 43.4. The number of aromatic nitrogens is 2. The van der Waals surface area contributed by atoms with Crippen molar-refractivity contribution in [1.82, 2.24) is 9.97 Å². The minimum Gasteiger partial charge on any atom is -0.337 e. The van der Waals surface area contributed by atoms with Crippen molar-refractivity contribution in [2.45, 2.75) is 25.8 Å². The van der Waals surface area contributed by atoms with Crippen LogP contribution < -0.4 is 25.6 Å². The van der Waals surface area contributed by atoms with E-state index in [9.17, 15) is 0 Å². The molecular formula is C72H51N3Si. The molecule has 1 aromatic heterocycles. The molecule has 1 spiro atoms. The largest absolute Gasteiger partial charge is 0.337 e. The summed E-state index contributed by atoms with van der Waals surface area (Å²) in [7, 11) is -2.89. The minimum absolute atomic E-state index is 0.502. The van der Waals surface area contributed by atoms with E-state index < -0.39 is 13.5 Å². The number of aryl methyl sites for hydroxylation is 1. The van der Waals surface area contributed by atoms with Crippen molar-refractivity contribution in [3.8, 4) is 55.9 Å². The molecule has 76 heavy (non-hydrogen) atoms. The first kappa shape index (κ1) is 44.3. The SMILES string of the molecule is Cc1ccc2c(c1C)-c1cc3nc(-c4ccccc4)c(-c4ccccc4)nc3cc1[Si]21c2ccccc2-c2cc(CN(c3ccccc3)c3cccc(C4(c5ccccc5)c5ccccc5-c5ccccc54)c3)ccc21. The summed E-state index contributed by atoms with van der Waals surface area (Å²) in [4.78, 5) is 13.6. The van der Waals surface area contributed by atoms with Crippen LogP contribution in [-0.2, 0) is 12.0 Å². The maximum absolute atomic E-state index is 5.60. The third kappa shape index (κ3) is 6.35. The molecule has 0 bridgehead atoms. The van der Waals surface area contributed by atoms with Crippen LogP contribution in [0.15, 0.2) is 261 Å². The fourth-order valence-corrected chi connectivity index (χ4v) is 19.2. The number of hydrogen-bond acceptors (Lipinski definition) is 3. The van der Waals surface area contributed by atoms with Gasteiger partial charge >= 0.3 is 0 Å². The van der Waals surface area contributed by atoms with E-state index in [-0.39, 0.29) is 0 Å². The van der Waals surface area contributed by atoms with Gasteiger partial charge in [-0.25, -0.2) is 9.97 Å². The van der Waals surface area contributed by atoms with Gasteiger partial charge in [0.1, 0.15) is 0 Å². The Morgan fingerprint density at radius 1 is 0.382 bits per heavy atom. The Hall–Kier alpha value is -9.22. The molecule has 15 rings (SSSR count). The van der Waals surface area contributed by atoms with Gasteiger partial charge in [-0.1, -0.05) is 218 Å². The number of rotatable bonds is 8. The monoisotopic (exact) mass is 985 g/mol. The normalized spacial score (nSPS) is 14.9. The first-order valence-electron chi connectivity index (χ1n) is 26.5. The molecule has 1 unspecified atom stereocenters. The lowest BCUT2D eigenvalue weighted by Crippen LogP contribution is -2.70. The Labute approximate surface area is 445 Å². The van der Waals surface area contributed by atoms with Crippen molar-refractivity contribution in [2.24, 2.45) is 0 Å². The van der Waals surface area contributed by atoms with Gasteiger partial charge in [0, 0.05) is 29.0 Å². The Balaban J connectivity index is 0.907. The van der Waals surface area contributed by atoms with Gasteiger partial charge in [0.25, 0.3) is 0 Å². The van der Waals surface area contributed by atoms with Crippen LogP contribution in [0.1, 0.15) is 38.9 Å². The highest BCUT2D eigenvalue weighted by Crippen LogP contribution is 2.56.